The van der Waals surface area contributed by atoms with E-state index in [0.717, 1.165) is 11.3 Å². The highest BCUT2D eigenvalue weighted by Gasteiger charge is 2.11. The zero-order valence-electron chi connectivity index (χ0n) is 16.3. The topological polar surface area (TPSA) is 83.1 Å². The zero-order valence-corrected chi connectivity index (χ0v) is 16.3. The summed E-state index contributed by atoms with van der Waals surface area (Å²) in [7, 11) is 3.02. The molecule has 7 heteroatoms. The van der Waals surface area contributed by atoms with Gasteiger partial charge in [0.1, 0.15) is 17.2 Å². The van der Waals surface area contributed by atoms with Crippen LogP contribution in [0.5, 0.6) is 17.2 Å². The minimum atomic E-state index is -0.462. The van der Waals surface area contributed by atoms with Crippen LogP contribution in [0, 0.1) is 6.92 Å². The molecular weight excluding hydrogens is 362 g/mol. The smallest absolute Gasteiger partial charge is 0.306 e. The van der Waals surface area contributed by atoms with Gasteiger partial charge in [0, 0.05) is 12.5 Å². The highest BCUT2D eigenvalue weighted by atomic mass is 16.5. The molecule has 0 saturated carbocycles. The van der Waals surface area contributed by atoms with Gasteiger partial charge in [-0.05, 0) is 37.6 Å². The average Bonchev–Trinajstić information content (AvgIpc) is 2.71. The van der Waals surface area contributed by atoms with Gasteiger partial charge < -0.3 is 24.3 Å². The number of ether oxygens (including phenoxy) is 4. The van der Waals surface area contributed by atoms with Crippen LogP contribution in [0.2, 0.25) is 0 Å². The van der Waals surface area contributed by atoms with Crippen LogP contribution in [0.1, 0.15) is 18.4 Å². The fourth-order valence-corrected chi connectivity index (χ4v) is 2.36. The predicted octanol–water partition coefficient (Wildman–Crippen LogP) is 3.35. The molecule has 1 N–H and O–H groups in total. The molecule has 0 heterocycles. The van der Waals surface area contributed by atoms with Crippen LogP contribution in [0.4, 0.5) is 5.69 Å². The van der Waals surface area contributed by atoms with Crippen molar-refractivity contribution in [2.24, 2.45) is 0 Å². The lowest BCUT2D eigenvalue weighted by Crippen LogP contribution is -2.21. The van der Waals surface area contributed by atoms with Crippen molar-refractivity contribution in [2.75, 3.05) is 32.8 Å². The van der Waals surface area contributed by atoms with Crippen LogP contribution in [-0.2, 0) is 14.3 Å². The van der Waals surface area contributed by atoms with E-state index in [-0.39, 0.29) is 13.0 Å². The molecule has 0 unspecified atom stereocenters. The van der Waals surface area contributed by atoms with Crippen LogP contribution in [0.25, 0.3) is 0 Å². The van der Waals surface area contributed by atoms with Gasteiger partial charge >= 0.3 is 5.97 Å². The van der Waals surface area contributed by atoms with Crippen molar-refractivity contribution in [3.05, 3.63) is 48.0 Å². The third-order valence-corrected chi connectivity index (χ3v) is 3.86. The summed E-state index contributed by atoms with van der Waals surface area (Å²) in [6, 6.07) is 12.7. The van der Waals surface area contributed by atoms with E-state index in [4.69, 9.17) is 18.9 Å². The number of nitrogens with one attached hydrogen (secondary N) is 1. The first-order valence-corrected chi connectivity index (χ1v) is 8.89. The van der Waals surface area contributed by atoms with E-state index < -0.39 is 11.9 Å². The van der Waals surface area contributed by atoms with E-state index >= 15 is 0 Å². The lowest BCUT2D eigenvalue weighted by atomic mass is 10.2. The Bertz CT molecular complexity index is 788. The summed E-state index contributed by atoms with van der Waals surface area (Å²) in [6.07, 6.45) is 0.666. The van der Waals surface area contributed by atoms with Gasteiger partial charge in [-0.25, -0.2) is 0 Å². The van der Waals surface area contributed by atoms with Crippen molar-refractivity contribution in [1.29, 1.82) is 0 Å². The normalized spacial score (nSPS) is 10.1. The largest absolute Gasteiger partial charge is 0.497 e. The number of methoxy groups -OCH3 is 2. The zero-order chi connectivity index (χ0) is 20.4. The Labute approximate surface area is 164 Å². The van der Waals surface area contributed by atoms with Crippen LogP contribution in [0.15, 0.2) is 42.5 Å². The SMILES string of the molecule is COc1ccc(OC)c(NC(=O)COC(=O)CCCOc2ccc(C)cc2)c1. The van der Waals surface area contributed by atoms with Gasteiger partial charge in [0.25, 0.3) is 5.91 Å². The standard InChI is InChI=1S/C21H25NO6/c1-15-6-8-16(9-7-15)27-12-4-5-21(24)28-14-20(23)22-18-13-17(25-2)10-11-19(18)26-3/h6-11,13H,4-5,12,14H2,1-3H3,(H,22,23). The Morgan fingerprint density at radius 1 is 0.964 bits per heavy atom. The summed E-state index contributed by atoms with van der Waals surface area (Å²) >= 11 is 0. The van der Waals surface area contributed by atoms with E-state index in [1.807, 2.05) is 31.2 Å². The lowest BCUT2D eigenvalue weighted by Gasteiger charge is -2.12. The molecule has 0 aliphatic rings. The number of carbonyl (C=O) groups is 2. The van der Waals surface area contributed by atoms with E-state index in [0.29, 0.717) is 30.2 Å². The molecule has 2 aromatic carbocycles. The first kappa shape index (κ1) is 21.1. The highest BCUT2D eigenvalue weighted by Crippen LogP contribution is 2.28. The second-order valence-electron chi connectivity index (χ2n) is 6.04. The molecule has 0 fully saturated rings. The van der Waals surface area contributed by atoms with Crippen molar-refractivity contribution in [1.82, 2.24) is 0 Å². The van der Waals surface area contributed by atoms with E-state index in [9.17, 15) is 9.59 Å². The number of hydrogen-bond donors (Lipinski definition) is 1. The minimum Gasteiger partial charge on any atom is -0.497 e. The summed E-state index contributed by atoms with van der Waals surface area (Å²) in [4.78, 5) is 23.8. The molecule has 28 heavy (non-hydrogen) atoms. The molecule has 7 nitrogen and oxygen atoms in total. The Morgan fingerprint density at radius 2 is 1.68 bits per heavy atom. The monoisotopic (exact) mass is 387 g/mol. The third kappa shape index (κ3) is 6.83. The number of amides is 1. The summed E-state index contributed by atoms with van der Waals surface area (Å²) in [5, 5.41) is 2.64. The number of hydrogen-bond acceptors (Lipinski definition) is 6. The minimum absolute atomic E-state index is 0.168. The lowest BCUT2D eigenvalue weighted by molar-refractivity contribution is -0.147. The molecule has 2 aromatic rings. The molecule has 0 aromatic heterocycles. The van der Waals surface area contributed by atoms with Gasteiger partial charge in [-0.3, -0.25) is 9.59 Å². The molecule has 0 aliphatic carbocycles. The Balaban J connectivity index is 1.69. The van der Waals surface area contributed by atoms with Crippen LogP contribution in [0.3, 0.4) is 0 Å². The second kappa shape index (κ2) is 10.8. The van der Waals surface area contributed by atoms with E-state index in [2.05, 4.69) is 5.32 Å². The maximum atomic E-state index is 12.0. The molecule has 0 atom stereocenters. The Hall–Kier alpha value is -3.22. The molecule has 0 bridgehead atoms. The number of carbonyl (C=O) groups excluding carboxylic acids is 2. The number of rotatable bonds is 10. The summed E-state index contributed by atoms with van der Waals surface area (Å²) in [5.74, 6) is 0.886. The quantitative estimate of drug-likeness (QED) is 0.497. The van der Waals surface area contributed by atoms with Crippen LogP contribution < -0.4 is 19.5 Å². The summed E-state index contributed by atoms with van der Waals surface area (Å²) in [6.45, 7) is 2.02. The maximum absolute atomic E-state index is 12.0. The molecule has 0 spiro atoms. The fraction of sp³-hybridized carbons (Fsp3) is 0.333. The number of esters is 1. The van der Waals surface area contributed by atoms with E-state index in [1.54, 1.807) is 18.2 Å². The van der Waals surface area contributed by atoms with Crippen LogP contribution >= 0.6 is 0 Å². The molecule has 2 rings (SSSR count). The third-order valence-electron chi connectivity index (χ3n) is 3.86. The molecular formula is C21H25NO6. The fourth-order valence-electron chi connectivity index (χ4n) is 2.36. The average molecular weight is 387 g/mol. The summed E-state index contributed by atoms with van der Waals surface area (Å²) < 4.78 is 20.9. The Kier molecular flexibility index (Phi) is 8.14. The van der Waals surface area contributed by atoms with Gasteiger partial charge in [0.05, 0.1) is 26.5 Å². The maximum Gasteiger partial charge on any atom is 0.306 e. The second-order valence-corrected chi connectivity index (χ2v) is 6.04. The van der Waals surface area contributed by atoms with Crippen molar-refractivity contribution >= 4 is 17.6 Å². The van der Waals surface area contributed by atoms with Crippen LogP contribution in [-0.4, -0.2) is 39.3 Å². The van der Waals surface area contributed by atoms with Crippen molar-refractivity contribution in [3.8, 4) is 17.2 Å². The first-order chi connectivity index (χ1) is 13.5. The van der Waals surface area contributed by atoms with Gasteiger partial charge in [-0.2, -0.15) is 0 Å². The molecule has 0 radical (unpaired) electrons. The van der Waals surface area contributed by atoms with Crippen molar-refractivity contribution in [3.63, 3.8) is 0 Å². The number of anilines is 1. The first-order valence-electron chi connectivity index (χ1n) is 8.89. The van der Waals surface area contributed by atoms with Crippen molar-refractivity contribution in [2.45, 2.75) is 19.8 Å². The molecule has 0 saturated heterocycles. The van der Waals surface area contributed by atoms with Gasteiger partial charge in [-0.15, -0.1) is 0 Å². The Morgan fingerprint density at radius 3 is 2.36 bits per heavy atom. The molecule has 150 valence electrons. The highest BCUT2D eigenvalue weighted by molar-refractivity contribution is 5.94. The van der Waals surface area contributed by atoms with Gasteiger partial charge in [0.2, 0.25) is 0 Å². The molecule has 0 aliphatic heterocycles. The van der Waals surface area contributed by atoms with E-state index in [1.165, 1.54) is 14.2 Å². The number of benzene rings is 2. The summed E-state index contributed by atoms with van der Waals surface area (Å²) in [5.41, 5.74) is 1.59. The van der Waals surface area contributed by atoms with Gasteiger partial charge in [-0.1, -0.05) is 17.7 Å². The van der Waals surface area contributed by atoms with Crippen molar-refractivity contribution < 1.29 is 28.5 Å². The molecule has 1 amide bonds. The van der Waals surface area contributed by atoms with Gasteiger partial charge in [0.15, 0.2) is 6.61 Å². The number of aryl methyl sites for hydroxylation is 1. The predicted molar refractivity (Wildman–Crippen MR) is 105 cm³/mol.